The zero-order valence-corrected chi connectivity index (χ0v) is 9.79. The van der Waals surface area contributed by atoms with E-state index in [0.717, 1.165) is 12.8 Å². The van der Waals surface area contributed by atoms with Crippen LogP contribution in [0.3, 0.4) is 0 Å². The van der Waals surface area contributed by atoms with Gasteiger partial charge in [-0.1, -0.05) is 13.3 Å². The van der Waals surface area contributed by atoms with Crippen molar-refractivity contribution in [2.24, 2.45) is 11.7 Å². The summed E-state index contributed by atoms with van der Waals surface area (Å²) in [5.41, 5.74) is 6.85. The second-order valence-electron chi connectivity index (χ2n) is 4.04. The Morgan fingerprint density at radius 3 is 2.69 bits per heavy atom. The average molecular weight is 223 g/mol. The van der Waals surface area contributed by atoms with Gasteiger partial charge in [-0.25, -0.2) is 4.39 Å². The lowest BCUT2D eigenvalue weighted by atomic mass is 9.91. The van der Waals surface area contributed by atoms with Gasteiger partial charge in [0.15, 0.2) is 5.78 Å². The van der Waals surface area contributed by atoms with Gasteiger partial charge < -0.3 is 5.73 Å². The van der Waals surface area contributed by atoms with Crippen LogP contribution in [0.1, 0.15) is 35.7 Å². The Balaban J connectivity index is 2.94. The van der Waals surface area contributed by atoms with Crippen LogP contribution in [0.5, 0.6) is 0 Å². The predicted octanol–water partition coefficient (Wildman–Crippen LogP) is 2.69. The first kappa shape index (κ1) is 12.8. The summed E-state index contributed by atoms with van der Waals surface area (Å²) in [7, 11) is 0. The minimum Gasteiger partial charge on any atom is -0.330 e. The molecule has 1 aromatic rings. The fourth-order valence-electron chi connectivity index (χ4n) is 1.83. The van der Waals surface area contributed by atoms with Gasteiger partial charge >= 0.3 is 0 Å². The number of aryl methyl sites for hydroxylation is 1. The summed E-state index contributed by atoms with van der Waals surface area (Å²) in [6.07, 6.45) is 1.71. The minimum atomic E-state index is -0.311. The molecule has 0 aliphatic carbocycles. The number of halogens is 1. The molecule has 3 heteroatoms. The van der Waals surface area contributed by atoms with Crippen LogP contribution in [0, 0.1) is 18.7 Å². The van der Waals surface area contributed by atoms with E-state index in [1.165, 1.54) is 12.1 Å². The highest BCUT2D eigenvalue weighted by molar-refractivity contribution is 5.99. The van der Waals surface area contributed by atoms with Gasteiger partial charge in [0.1, 0.15) is 5.82 Å². The number of rotatable bonds is 5. The Hall–Kier alpha value is -1.22. The standard InChI is InChI=1S/C13H18FNO/c1-3-4-10(8-15)13(16)12-6-5-11(14)7-9(12)2/h5-7,10H,3-4,8,15H2,1-2H3. The fourth-order valence-corrected chi connectivity index (χ4v) is 1.83. The van der Waals surface area contributed by atoms with Gasteiger partial charge in [-0.05, 0) is 37.1 Å². The quantitative estimate of drug-likeness (QED) is 0.780. The van der Waals surface area contributed by atoms with Gasteiger partial charge in [-0.15, -0.1) is 0 Å². The lowest BCUT2D eigenvalue weighted by molar-refractivity contribution is 0.0917. The molecule has 1 aromatic carbocycles. The first-order chi connectivity index (χ1) is 7.60. The molecule has 1 rings (SSSR count). The molecule has 88 valence electrons. The van der Waals surface area contributed by atoms with E-state index in [2.05, 4.69) is 0 Å². The zero-order chi connectivity index (χ0) is 12.1. The summed E-state index contributed by atoms with van der Waals surface area (Å²) >= 11 is 0. The Morgan fingerprint density at radius 1 is 1.50 bits per heavy atom. The summed E-state index contributed by atoms with van der Waals surface area (Å²) in [4.78, 5) is 12.1. The number of hydrogen-bond acceptors (Lipinski definition) is 2. The summed E-state index contributed by atoms with van der Waals surface area (Å²) in [6.45, 7) is 4.12. The SMILES string of the molecule is CCCC(CN)C(=O)c1ccc(F)cc1C. The Kier molecular flexibility index (Phi) is 4.62. The Labute approximate surface area is 95.7 Å². The smallest absolute Gasteiger partial charge is 0.167 e. The number of carbonyl (C=O) groups excluding carboxylic acids is 1. The van der Waals surface area contributed by atoms with Gasteiger partial charge in [0.25, 0.3) is 0 Å². The molecule has 0 radical (unpaired) electrons. The fraction of sp³-hybridized carbons (Fsp3) is 0.462. The van der Waals surface area contributed by atoms with Crippen LogP contribution < -0.4 is 5.73 Å². The molecule has 0 aliphatic rings. The maximum atomic E-state index is 12.9. The van der Waals surface area contributed by atoms with Crippen LogP contribution in [-0.2, 0) is 0 Å². The van der Waals surface area contributed by atoms with E-state index in [9.17, 15) is 9.18 Å². The van der Waals surface area contributed by atoms with E-state index < -0.39 is 0 Å². The first-order valence-electron chi connectivity index (χ1n) is 5.60. The lowest BCUT2D eigenvalue weighted by Crippen LogP contribution is -2.24. The van der Waals surface area contributed by atoms with Crippen molar-refractivity contribution in [2.75, 3.05) is 6.54 Å². The van der Waals surface area contributed by atoms with Crippen molar-refractivity contribution in [3.8, 4) is 0 Å². The van der Waals surface area contributed by atoms with Gasteiger partial charge in [-0.3, -0.25) is 4.79 Å². The zero-order valence-electron chi connectivity index (χ0n) is 9.79. The van der Waals surface area contributed by atoms with Crippen molar-refractivity contribution in [1.29, 1.82) is 0 Å². The Morgan fingerprint density at radius 2 is 2.19 bits per heavy atom. The van der Waals surface area contributed by atoms with E-state index in [1.54, 1.807) is 13.0 Å². The van der Waals surface area contributed by atoms with E-state index in [0.29, 0.717) is 17.7 Å². The van der Waals surface area contributed by atoms with Crippen LogP contribution in [-0.4, -0.2) is 12.3 Å². The predicted molar refractivity (Wildman–Crippen MR) is 62.9 cm³/mol. The van der Waals surface area contributed by atoms with Crippen molar-refractivity contribution < 1.29 is 9.18 Å². The van der Waals surface area contributed by atoms with Crippen molar-refractivity contribution in [3.63, 3.8) is 0 Å². The third kappa shape index (κ3) is 2.89. The van der Waals surface area contributed by atoms with E-state index in [1.807, 2.05) is 6.92 Å². The molecule has 0 spiro atoms. The monoisotopic (exact) mass is 223 g/mol. The van der Waals surface area contributed by atoms with Crippen LogP contribution in [0.25, 0.3) is 0 Å². The summed E-state index contributed by atoms with van der Waals surface area (Å²) in [5, 5.41) is 0. The number of nitrogens with two attached hydrogens (primary N) is 1. The molecule has 16 heavy (non-hydrogen) atoms. The number of Topliss-reactive ketones (excluding diaryl/α,β-unsaturated/α-hetero) is 1. The molecule has 0 heterocycles. The first-order valence-corrected chi connectivity index (χ1v) is 5.60. The highest BCUT2D eigenvalue weighted by atomic mass is 19.1. The largest absolute Gasteiger partial charge is 0.330 e. The normalized spacial score (nSPS) is 12.5. The highest BCUT2D eigenvalue weighted by Crippen LogP contribution is 2.17. The second-order valence-corrected chi connectivity index (χ2v) is 4.04. The summed E-state index contributed by atoms with van der Waals surface area (Å²) in [5.74, 6) is -0.426. The summed E-state index contributed by atoms with van der Waals surface area (Å²) in [6, 6.07) is 4.25. The third-order valence-electron chi connectivity index (χ3n) is 2.75. The minimum absolute atomic E-state index is 0.0295. The molecule has 1 unspecified atom stereocenters. The van der Waals surface area contributed by atoms with Gasteiger partial charge in [0.05, 0.1) is 0 Å². The maximum Gasteiger partial charge on any atom is 0.167 e. The molecule has 2 nitrogen and oxygen atoms in total. The second kappa shape index (κ2) is 5.75. The molecule has 0 fully saturated rings. The molecule has 0 aromatic heterocycles. The van der Waals surface area contributed by atoms with Gasteiger partial charge in [0.2, 0.25) is 0 Å². The van der Waals surface area contributed by atoms with Crippen molar-refractivity contribution in [3.05, 3.63) is 35.1 Å². The molecule has 0 bridgehead atoms. The number of hydrogen-bond donors (Lipinski definition) is 1. The molecule has 1 atom stereocenters. The molecule has 0 aliphatic heterocycles. The van der Waals surface area contributed by atoms with Crippen LogP contribution in [0.4, 0.5) is 4.39 Å². The summed E-state index contributed by atoms with van der Waals surface area (Å²) < 4.78 is 12.9. The van der Waals surface area contributed by atoms with Crippen LogP contribution in [0.2, 0.25) is 0 Å². The van der Waals surface area contributed by atoms with Crippen molar-refractivity contribution in [2.45, 2.75) is 26.7 Å². The van der Waals surface area contributed by atoms with E-state index in [-0.39, 0.29) is 17.5 Å². The van der Waals surface area contributed by atoms with Crippen LogP contribution in [0.15, 0.2) is 18.2 Å². The van der Waals surface area contributed by atoms with Crippen LogP contribution >= 0.6 is 0 Å². The molecule has 0 amide bonds. The third-order valence-corrected chi connectivity index (χ3v) is 2.75. The number of carbonyl (C=O) groups is 1. The lowest BCUT2D eigenvalue weighted by Gasteiger charge is -2.14. The van der Waals surface area contributed by atoms with E-state index >= 15 is 0 Å². The average Bonchev–Trinajstić information content (AvgIpc) is 2.25. The van der Waals surface area contributed by atoms with Crippen molar-refractivity contribution >= 4 is 5.78 Å². The Bertz CT molecular complexity index is 376. The number of ketones is 1. The molecule has 0 saturated heterocycles. The maximum absolute atomic E-state index is 12.9. The highest BCUT2D eigenvalue weighted by Gasteiger charge is 2.19. The van der Waals surface area contributed by atoms with Gasteiger partial charge in [-0.2, -0.15) is 0 Å². The van der Waals surface area contributed by atoms with Crippen molar-refractivity contribution in [1.82, 2.24) is 0 Å². The topological polar surface area (TPSA) is 43.1 Å². The number of benzene rings is 1. The molecular weight excluding hydrogens is 205 g/mol. The molecular formula is C13H18FNO. The van der Waals surface area contributed by atoms with Gasteiger partial charge in [0, 0.05) is 18.0 Å². The van der Waals surface area contributed by atoms with E-state index in [4.69, 9.17) is 5.73 Å². The molecule has 2 N–H and O–H groups in total. The molecule has 0 saturated carbocycles.